The van der Waals surface area contributed by atoms with Crippen molar-refractivity contribution in [3.63, 3.8) is 0 Å². The number of carboxylic acid groups (broad SMARTS) is 1. The predicted octanol–water partition coefficient (Wildman–Crippen LogP) is 2.51. The van der Waals surface area contributed by atoms with Crippen LogP contribution in [-0.4, -0.2) is 30.3 Å². The predicted molar refractivity (Wildman–Crippen MR) is 63.4 cm³/mol. The van der Waals surface area contributed by atoms with Crippen molar-refractivity contribution in [3.05, 3.63) is 29.6 Å². The smallest absolute Gasteiger partial charge is 0.414 e. The summed E-state index contributed by atoms with van der Waals surface area (Å²) in [4.78, 5) is 23.4. The second kappa shape index (κ2) is 5.48. The molecule has 0 radical (unpaired) electrons. The number of benzene rings is 1. The van der Waals surface area contributed by atoms with E-state index in [0.717, 1.165) is 11.0 Å². The third-order valence-electron chi connectivity index (χ3n) is 2.16. The number of hydrogen-bond donors (Lipinski definition) is 1. The van der Waals surface area contributed by atoms with Gasteiger partial charge in [-0.15, -0.1) is 0 Å². The van der Waals surface area contributed by atoms with E-state index >= 15 is 0 Å². The summed E-state index contributed by atoms with van der Waals surface area (Å²) in [5, 5.41) is 8.96. The van der Waals surface area contributed by atoms with Gasteiger partial charge >= 0.3 is 12.1 Å². The Bertz CT molecular complexity index is 473. The number of ether oxygens (including phenoxy) is 1. The van der Waals surface area contributed by atoms with Gasteiger partial charge in [0.2, 0.25) is 0 Å². The molecule has 1 amide bonds. The number of halogens is 1. The maximum atomic E-state index is 13.6. The Morgan fingerprint density at radius 2 is 2.00 bits per heavy atom. The van der Waals surface area contributed by atoms with Gasteiger partial charge in [0.25, 0.3) is 0 Å². The molecule has 0 aliphatic heterocycles. The van der Waals surface area contributed by atoms with E-state index in [0.29, 0.717) is 0 Å². The minimum atomic E-state index is -1.31. The molecule has 0 unspecified atom stereocenters. The maximum Gasteiger partial charge on any atom is 0.414 e. The third kappa shape index (κ3) is 2.97. The molecule has 0 aliphatic rings. The van der Waals surface area contributed by atoms with Crippen LogP contribution in [-0.2, 0) is 4.74 Å². The van der Waals surface area contributed by atoms with Crippen LogP contribution in [0.25, 0.3) is 0 Å². The SMILES string of the molecule is CC(C)OC(=O)N(C)c1c(F)cccc1C(=O)O. The second-order valence-electron chi connectivity index (χ2n) is 3.93. The fourth-order valence-corrected chi connectivity index (χ4v) is 1.40. The lowest BCUT2D eigenvalue weighted by Crippen LogP contribution is -2.31. The molecule has 98 valence electrons. The molecule has 0 saturated heterocycles. The van der Waals surface area contributed by atoms with Gasteiger partial charge < -0.3 is 9.84 Å². The summed E-state index contributed by atoms with van der Waals surface area (Å²) in [5.74, 6) is -2.10. The van der Waals surface area contributed by atoms with Gasteiger partial charge in [0.1, 0.15) is 5.82 Å². The number of nitrogens with zero attached hydrogens (tertiary/aromatic N) is 1. The molecule has 1 N–H and O–H groups in total. The number of rotatable bonds is 3. The quantitative estimate of drug-likeness (QED) is 0.901. The molecule has 18 heavy (non-hydrogen) atoms. The van der Waals surface area contributed by atoms with Gasteiger partial charge in [0.05, 0.1) is 17.4 Å². The van der Waals surface area contributed by atoms with Crippen molar-refractivity contribution in [2.24, 2.45) is 0 Å². The lowest BCUT2D eigenvalue weighted by atomic mass is 10.1. The van der Waals surface area contributed by atoms with Crippen molar-refractivity contribution in [2.45, 2.75) is 20.0 Å². The number of amides is 1. The summed E-state index contributed by atoms with van der Waals surface area (Å²) < 4.78 is 18.5. The molecule has 6 heteroatoms. The number of para-hydroxylation sites is 1. The van der Waals surface area contributed by atoms with Crippen molar-refractivity contribution in [1.29, 1.82) is 0 Å². The number of carbonyl (C=O) groups excluding carboxylic acids is 1. The van der Waals surface area contributed by atoms with E-state index in [2.05, 4.69) is 0 Å². The van der Waals surface area contributed by atoms with Crippen LogP contribution < -0.4 is 4.90 Å². The molecule has 1 aromatic carbocycles. The first-order valence-electron chi connectivity index (χ1n) is 5.30. The van der Waals surface area contributed by atoms with Crippen LogP contribution in [0.1, 0.15) is 24.2 Å². The summed E-state index contributed by atoms with van der Waals surface area (Å²) >= 11 is 0. The number of hydrogen-bond acceptors (Lipinski definition) is 3. The van der Waals surface area contributed by atoms with E-state index in [1.165, 1.54) is 19.2 Å². The van der Waals surface area contributed by atoms with Gasteiger partial charge in [-0.2, -0.15) is 0 Å². The molecule has 1 aromatic rings. The molecule has 0 spiro atoms. The molecule has 0 atom stereocenters. The number of anilines is 1. The van der Waals surface area contributed by atoms with Crippen molar-refractivity contribution in [1.82, 2.24) is 0 Å². The van der Waals surface area contributed by atoms with Gasteiger partial charge in [0, 0.05) is 7.05 Å². The highest BCUT2D eigenvalue weighted by atomic mass is 19.1. The van der Waals surface area contributed by atoms with Crippen LogP contribution >= 0.6 is 0 Å². The summed E-state index contributed by atoms with van der Waals surface area (Å²) in [7, 11) is 1.26. The van der Waals surface area contributed by atoms with E-state index in [9.17, 15) is 14.0 Å². The Morgan fingerprint density at radius 1 is 1.39 bits per heavy atom. The van der Waals surface area contributed by atoms with Gasteiger partial charge in [-0.05, 0) is 26.0 Å². The number of carboxylic acids is 1. The van der Waals surface area contributed by atoms with Crippen LogP contribution in [0, 0.1) is 5.82 Å². The summed E-state index contributed by atoms with van der Waals surface area (Å²) in [6.07, 6.45) is -1.18. The Balaban J connectivity index is 3.15. The normalized spacial score (nSPS) is 10.3. The lowest BCUT2D eigenvalue weighted by Gasteiger charge is -2.20. The maximum absolute atomic E-state index is 13.6. The molecule has 5 nitrogen and oxygen atoms in total. The molecule has 0 saturated carbocycles. The van der Waals surface area contributed by atoms with Crippen molar-refractivity contribution in [3.8, 4) is 0 Å². The molecule has 1 rings (SSSR count). The van der Waals surface area contributed by atoms with Gasteiger partial charge in [-0.25, -0.2) is 14.0 Å². The lowest BCUT2D eigenvalue weighted by molar-refractivity contribution is 0.0697. The molecular weight excluding hydrogens is 241 g/mol. The van der Waals surface area contributed by atoms with Crippen LogP contribution in [0.3, 0.4) is 0 Å². The summed E-state index contributed by atoms with van der Waals surface area (Å²) in [6, 6.07) is 3.57. The highest BCUT2D eigenvalue weighted by molar-refractivity contribution is 5.99. The monoisotopic (exact) mass is 255 g/mol. The van der Waals surface area contributed by atoms with Crippen molar-refractivity contribution >= 4 is 17.7 Å². The molecule has 0 heterocycles. The van der Waals surface area contributed by atoms with Crippen molar-refractivity contribution < 1.29 is 23.8 Å². The zero-order valence-corrected chi connectivity index (χ0v) is 10.3. The molecule has 0 fully saturated rings. The first-order chi connectivity index (χ1) is 8.34. The van der Waals surface area contributed by atoms with Gasteiger partial charge in [0.15, 0.2) is 0 Å². The van der Waals surface area contributed by atoms with E-state index in [-0.39, 0.29) is 17.4 Å². The first-order valence-corrected chi connectivity index (χ1v) is 5.30. The highest BCUT2D eigenvalue weighted by Gasteiger charge is 2.23. The molecule has 0 aliphatic carbocycles. The minimum Gasteiger partial charge on any atom is -0.478 e. The van der Waals surface area contributed by atoms with Gasteiger partial charge in [-0.1, -0.05) is 6.07 Å². The molecule has 0 bridgehead atoms. The fraction of sp³-hybridized carbons (Fsp3) is 0.333. The molecule has 0 aromatic heterocycles. The average molecular weight is 255 g/mol. The van der Waals surface area contributed by atoms with E-state index in [1.807, 2.05) is 0 Å². The standard InChI is InChI=1S/C12H14FNO4/c1-7(2)18-12(17)14(3)10-8(11(15)16)5-4-6-9(10)13/h4-7H,1-3H3,(H,15,16). The first kappa shape index (κ1) is 14.0. The van der Waals surface area contributed by atoms with Gasteiger partial charge in [-0.3, -0.25) is 4.90 Å². The van der Waals surface area contributed by atoms with E-state index < -0.39 is 17.9 Å². The average Bonchev–Trinajstić information content (AvgIpc) is 2.26. The second-order valence-corrected chi connectivity index (χ2v) is 3.93. The fourth-order valence-electron chi connectivity index (χ4n) is 1.40. The van der Waals surface area contributed by atoms with Crippen LogP contribution in [0.5, 0.6) is 0 Å². The third-order valence-corrected chi connectivity index (χ3v) is 2.16. The summed E-state index contributed by atoms with van der Waals surface area (Å²) in [5.41, 5.74) is -0.603. The Labute approximate surface area is 104 Å². The largest absolute Gasteiger partial charge is 0.478 e. The Kier molecular flexibility index (Phi) is 4.25. The van der Waals surface area contributed by atoms with Crippen LogP contribution in [0.2, 0.25) is 0 Å². The van der Waals surface area contributed by atoms with E-state index in [4.69, 9.17) is 9.84 Å². The van der Waals surface area contributed by atoms with E-state index in [1.54, 1.807) is 13.8 Å². The number of aromatic carboxylic acids is 1. The van der Waals surface area contributed by atoms with Crippen LogP contribution in [0.15, 0.2) is 18.2 Å². The Morgan fingerprint density at radius 3 is 2.50 bits per heavy atom. The highest BCUT2D eigenvalue weighted by Crippen LogP contribution is 2.24. The number of carbonyl (C=O) groups is 2. The van der Waals surface area contributed by atoms with Crippen molar-refractivity contribution in [2.75, 3.05) is 11.9 Å². The topological polar surface area (TPSA) is 66.8 Å². The zero-order valence-electron chi connectivity index (χ0n) is 10.3. The summed E-state index contributed by atoms with van der Waals surface area (Å²) in [6.45, 7) is 3.29. The Hall–Kier alpha value is -2.11. The minimum absolute atomic E-state index is 0.293. The zero-order chi connectivity index (χ0) is 13.9. The molecular formula is C12H14FNO4. The van der Waals surface area contributed by atoms with Crippen LogP contribution in [0.4, 0.5) is 14.9 Å².